The van der Waals surface area contributed by atoms with Crippen LogP contribution in [0.2, 0.25) is 0 Å². The number of benzene rings is 1. The highest BCUT2D eigenvalue weighted by atomic mass is 32.2. The van der Waals surface area contributed by atoms with E-state index in [1.165, 1.54) is 29.2 Å². The Balaban J connectivity index is 1.66. The number of pyridine rings is 1. The molecule has 0 fully saturated rings. The van der Waals surface area contributed by atoms with Crippen LogP contribution in [-0.4, -0.2) is 31.8 Å². The Morgan fingerprint density at radius 1 is 1.33 bits per heavy atom. The first-order chi connectivity index (χ1) is 12.9. The first-order valence-electron chi connectivity index (χ1n) is 7.86. The smallest absolute Gasteiger partial charge is 0.293 e. The molecule has 1 N–H and O–H groups in total. The number of thioether (sulfide) groups is 1. The molecule has 0 saturated heterocycles. The summed E-state index contributed by atoms with van der Waals surface area (Å²) in [6.45, 7) is 3.50. The van der Waals surface area contributed by atoms with Crippen LogP contribution >= 0.6 is 23.1 Å². The Morgan fingerprint density at radius 2 is 2.15 bits per heavy atom. The van der Waals surface area contributed by atoms with Crippen LogP contribution in [-0.2, 0) is 4.79 Å². The molecule has 2 heterocycles. The third-order valence-corrected chi connectivity index (χ3v) is 5.67. The van der Waals surface area contributed by atoms with E-state index in [1.807, 2.05) is 12.1 Å². The molecule has 3 aromatic rings. The molecule has 2 aromatic heterocycles. The zero-order valence-corrected chi connectivity index (χ0v) is 16.1. The van der Waals surface area contributed by atoms with Gasteiger partial charge in [0, 0.05) is 24.0 Å². The van der Waals surface area contributed by atoms with Crippen molar-refractivity contribution in [2.45, 2.75) is 18.2 Å². The summed E-state index contributed by atoms with van der Waals surface area (Å²) in [5.74, 6) is -0.264. The molecule has 0 aliphatic heterocycles. The van der Waals surface area contributed by atoms with E-state index in [2.05, 4.69) is 20.5 Å². The second kappa shape index (κ2) is 8.23. The number of carbonyl (C=O) groups excluding carboxylic acids is 1. The molecule has 0 atom stereocenters. The van der Waals surface area contributed by atoms with Gasteiger partial charge in [-0.1, -0.05) is 29.2 Å². The second-order valence-corrected chi connectivity index (χ2v) is 7.88. The molecule has 0 aliphatic carbocycles. The second-order valence-electron chi connectivity index (χ2n) is 5.68. The number of anilines is 1. The lowest BCUT2D eigenvalue weighted by molar-refractivity contribution is -0.384. The molecule has 1 amide bonds. The third kappa shape index (κ3) is 4.66. The number of nitro groups is 1. The monoisotopic (exact) mass is 401 g/mol. The number of amides is 1. The number of carbonyl (C=O) groups is 1. The van der Waals surface area contributed by atoms with Gasteiger partial charge in [-0.05, 0) is 37.1 Å². The average molecular weight is 401 g/mol. The number of rotatable bonds is 6. The van der Waals surface area contributed by atoms with E-state index in [0.717, 1.165) is 16.1 Å². The average Bonchev–Trinajstić information content (AvgIpc) is 3.11. The molecule has 138 valence electrons. The normalized spacial score (nSPS) is 10.6. The van der Waals surface area contributed by atoms with Gasteiger partial charge < -0.3 is 5.32 Å². The maximum Gasteiger partial charge on any atom is 0.293 e. The molecule has 0 radical (unpaired) electrons. The van der Waals surface area contributed by atoms with Gasteiger partial charge in [-0.2, -0.15) is 0 Å². The van der Waals surface area contributed by atoms with Crippen LogP contribution in [0.3, 0.4) is 0 Å². The standard InChI is InChI=1S/C17H15N5O3S2/c1-10-6-11(2)15(13(7-10)22(24)25)19-14(23)9-26-17-21-20-16(27-17)12-4-3-5-18-8-12/h3-8H,9H2,1-2H3,(H,19,23). The van der Waals surface area contributed by atoms with Gasteiger partial charge in [0.15, 0.2) is 4.34 Å². The summed E-state index contributed by atoms with van der Waals surface area (Å²) >= 11 is 2.59. The number of aromatic nitrogens is 3. The van der Waals surface area contributed by atoms with E-state index in [9.17, 15) is 14.9 Å². The fourth-order valence-electron chi connectivity index (χ4n) is 2.43. The van der Waals surface area contributed by atoms with E-state index < -0.39 is 4.92 Å². The summed E-state index contributed by atoms with van der Waals surface area (Å²) in [5.41, 5.74) is 2.39. The van der Waals surface area contributed by atoms with Gasteiger partial charge in [0.1, 0.15) is 10.7 Å². The zero-order chi connectivity index (χ0) is 19.4. The molecule has 3 rings (SSSR count). The molecule has 10 heteroatoms. The van der Waals surface area contributed by atoms with Gasteiger partial charge >= 0.3 is 0 Å². The van der Waals surface area contributed by atoms with Crippen LogP contribution < -0.4 is 5.32 Å². The van der Waals surface area contributed by atoms with Gasteiger partial charge in [-0.15, -0.1) is 10.2 Å². The lowest BCUT2D eigenvalue weighted by Crippen LogP contribution is -2.16. The number of nitrogens with zero attached hydrogens (tertiary/aromatic N) is 4. The minimum absolute atomic E-state index is 0.0755. The first-order valence-corrected chi connectivity index (χ1v) is 9.66. The van der Waals surface area contributed by atoms with Crippen LogP contribution in [0.1, 0.15) is 11.1 Å². The van der Waals surface area contributed by atoms with E-state index in [4.69, 9.17) is 0 Å². The molecule has 0 aliphatic rings. The zero-order valence-electron chi connectivity index (χ0n) is 14.5. The van der Waals surface area contributed by atoms with Crippen LogP contribution in [0.4, 0.5) is 11.4 Å². The Bertz CT molecular complexity index is 991. The predicted molar refractivity (Wildman–Crippen MR) is 105 cm³/mol. The quantitative estimate of drug-likeness (QED) is 0.379. The lowest BCUT2D eigenvalue weighted by atomic mass is 10.1. The summed E-state index contributed by atoms with van der Waals surface area (Å²) in [6.07, 6.45) is 3.37. The van der Waals surface area contributed by atoms with Gasteiger partial charge in [-0.3, -0.25) is 19.9 Å². The van der Waals surface area contributed by atoms with Crippen LogP contribution in [0.5, 0.6) is 0 Å². The largest absolute Gasteiger partial charge is 0.319 e. The maximum atomic E-state index is 12.3. The minimum atomic E-state index is -0.492. The summed E-state index contributed by atoms with van der Waals surface area (Å²) < 4.78 is 0.638. The van der Waals surface area contributed by atoms with Crippen molar-refractivity contribution >= 4 is 40.4 Å². The minimum Gasteiger partial charge on any atom is -0.319 e. The molecule has 1 aromatic carbocycles. The number of aryl methyl sites for hydroxylation is 2. The number of nitrogens with one attached hydrogen (secondary N) is 1. The first kappa shape index (κ1) is 18.9. The SMILES string of the molecule is Cc1cc(C)c(NC(=O)CSc2nnc(-c3cccnc3)s2)c([N+](=O)[O-])c1. The maximum absolute atomic E-state index is 12.3. The molecular formula is C17H15N5O3S2. The molecule has 0 unspecified atom stereocenters. The van der Waals surface area contributed by atoms with Gasteiger partial charge in [0.05, 0.1) is 10.7 Å². The molecular weight excluding hydrogens is 386 g/mol. The molecule has 0 saturated carbocycles. The van der Waals surface area contributed by atoms with Crippen LogP contribution in [0, 0.1) is 24.0 Å². The Morgan fingerprint density at radius 3 is 2.85 bits per heavy atom. The summed E-state index contributed by atoms with van der Waals surface area (Å²) in [7, 11) is 0. The van der Waals surface area contributed by atoms with Crippen molar-refractivity contribution in [3.05, 3.63) is 57.9 Å². The van der Waals surface area contributed by atoms with Crippen molar-refractivity contribution in [1.82, 2.24) is 15.2 Å². The van der Waals surface area contributed by atoms with Crippen molar-refractivity contribution in [3.8, 4) is 10.6 Å². The van der Waals surface area contributed by atoms with Crippen molar-refractivity contribution in [2.75, 3.05) is 11.1 Å². The fraction of sp³-hybridized carbons (Fsp3) is 0.176. The number of hydrogen-bond donors (Lipinski definition) is 1. The van der Waals surface area contributed by atoms with E-state index in [1.54, 1.807) is 32.3 Å². The molecule has 8 nitrogen and oxygen atoms in total. The van der Waals surface area contributed by atoms with Crippen molar-refractivity contribution in [1.29, 1.82) is 0 Å². The van der Waals surface area contributed by atoms with Crippen LogP contribution in [0.25, 0.3) is 10.6 Å². The molecule has 0 bridgehead atoms. The topological polar surface area (TPSA) is 111 Å². The Hall–Kier alpha value is -2.85. The highest BCUT2D eigenvalue weighted by molar-refractivity contribution is 8.01. The van der Waals surface area contributed by atoms with E-state index in [-0.39, 0.29) is 23.0 Å². The number of nitro benzene ring substituents is 1. The van der Waals surface area contributed by atoms with E-state index in [0.29, 0.717) is 9.90 Å². The lowest BCUT2D eigenvalue weighted by Gasteiger charge is -2.09. The molecule has 0 spiro atoms. The highest BCUT2D eigenvalue weighted by Gasteiger charge is 2.19. The Labute approximate surface area is 163 Å². The molecule has 27 heavy (non-hydrogen) atoms. The van der Waals surface area contributed by atoms with Crippen molar-refractivity contribution in [2.24, 2.45) is 0 Å². The van der Waals surface area contributed by atoms with Gasteiger partial charge in [0.25, 0.3) is 5.69 Å². The van der Waals surface area contributed by atoms with Gasteiger partial charge in [0.2, 0.25) is 5.91 Å². The van der Waals surface area contributed by atoms with Gasteiger partial charge in [-0.25, -0.2) is 0 Å². The number of hydrogen-bond acceptors (Lipinski definition) is 8. The summed E-state index contributed by atoms with van der Waals surface area (Å²) in [4.78, 5) is 27.1. The highest BCUT2D eigenvalue weighted by Crippen LogP contribution is 2.31. The predicted octanol–water partition coefficient (Wildman–Crippen LogP) is 3.86. The summed E-state index contributed by atoms with van der Waals surface area (Å²) in [6, 6.07) is 6.93. The van der Waals surface area contributed by atoms with E-state index >= 15 is 0 Å². The van der Waals surface area contributed by atoms with Crippen LogP contribution in [0.15, 0.2) is 41.0 Å². The fourth-order valence-corrected chi connectivity index (χ4v) is 4.07. The van der Waals surface area contributed by atoms with Crippen molar-refractivity contribution < 1.29 is 9.72 Å². The third-order valence-electron chi connectivity index (χ3n) is 3.56. The summed E-state index contributed by atoms with van der Waals surface area (Å²) in [5, 5.41) is 22.8. The Kier molecular flexibility index (Phi) is 5.77. The van der Waals surface area contributed by atoms with Crippen molar-refractivity contribution in [3.63, 3.8) is 0 Å².